The van der Waals surface area contributed by atoms with Gasteiger partial charge in [-0.2, -0.15) is 5.26 Å². The third-order valence-electron chi connectivity index (χ3n) is 2.58. The van der Waals surface area contributed by atoms with Crippen LogP contribution in [0.1, 0.15) is 12.5 Å². The van der Waals surface area contributed by atoms with Crippen molar-refractivity contribution in [3.63, 3.8) is 0 Å². The Hall–Kier alpha value is -1.54. The lowest BCUT2D eigenvalue weighted by molar-refractivity contribution is -0.127. The molecule has 1 amide bonds. The van der Waals surface area contributed by atoms with Gasteiger partial charge in [-0.15, -0.1) is 0 Å². The first kappa shape index (κ1) is 14.5. The second kappa shape index (κ2) is 6.41. The van der Waals surface area contributed by atoms with Gasteiger partial charge in [-0.3, -0.25) is 4.79 Å². The molecular formula is C13H16BrN3O. The van der Waals surface area contributed by atoms with Crippen LogP contribution in [0, 0.1) is 11.3 Å². The van der Waals surface area contributed by atoms with Crippen molar-refractivity contribution in [1.82, 2.24) is 4.90 Å². The van der Waals surface area contributed by atoms with Gasteiger partial charge in [0.25, 0.3) is 0 Å². The van der Waals surface area contributed by atoms with Crippen LogP contribution in [0.2, 0.25) is 0 Å². The zero-order chi connectivity index (χ0) is 13.7. The molecule has 0 aromatic heterocycles. The predicted molar refractivity (Wildman–Crippen MR) is 75.4 cm³/mol. The van der Waals surface area contributed by atoms with Crippen molar-refractivity contribution >= 4 is 27.5 Å². The number of benzene rings is 1. The van der Waals surface area contributed by atoms with Gasteiger partial charge in [0.1, 0.15) is 0 Å². The Morgan fingerprint density at radius 3 is 2.56 bits per heavy atom. The summed E-state index contributed by atoms with van der Waals surface area (Å²) >= 11 is 3.37. The molecule has 4 nitrogen and oxygen atoms in total. The molecule has 0 aliphatic heterocycles. The summed E-state index contributed by atoms with van der Waals surface area (Å²) in [7, 11) is 3.47. The van der Waals surface area contributed by atoms with Crippen molar-refractivity contribution in [1.29, 1.82) is 5.26 Å². The van der Waals surface area contributed by atoms with Crippen LogP contribution < -0.4 is 4.90 Å². The van der Waals surface area contributed by atoms with Gasteiger partial charge < -0.3 is 9.80 Å². The highest BCUT2D eigenvalue weighted by Gasteiger charge is 2.12. The van der Waals surface area contributed by atoms with E-state index < -0.39 is 0 Å². The number of amides is 1. The number of likely N-dealkylation sites (N-methyl/N-ethyl adjacent to an activating group) is 2. The normalized spacial score (nSPS) is 9.72. The van der Waals surface area contributed by atoms with Crippen molar-refractivity contribution < 1.29 is 4.79 Å². The SMILES string of the molecule is CCN(CC(=O)N(C)C)c1cc(Br)cc(C#N)c1. The van der Waals surface area contributed by atoms with Crippen molar-refractivity contribution in [2.24, 2.45) is 0 Å². The molecule has 1 aromatic carbocycles. The molecular weight excluding hydrogens is 294 g/mol. The van der Waals surface area contributed by atoms with E-state index in [1.807, 2.05) is 17.9 Å². The number of hydrogen-bond acceptors (Lipinski definition) is 3. The maximum absolute atomic E-state index is 11.7. The fourth-order valence-corrected chi connectivity index (χ4v) is 1.99. The van der Waals surface area contributed by atoms with E-state index in [0.29, 0.717) is 18.7 Å². The minimum Gasteiger partial charge on any atom is -0.362 e. The number of carbonyl (C=O) groups is 1. The molecule has 0 aliphatic rings. The molecule has 0 aliphatic carbocycles. The summed E-state index contributed by atoms with van der Waals surface area (Å²) in [6.45, 7) is 3.00. The molecule has 0 saturated carbocycles. The highest BCUT2D eigenvalue weighted by atomic mass is 79.9. The van der Waals surface area contributed by atoms with Gasteiger partial charge in [0, 0.05) is 30.8 Å². The second-order valence-corrected chi connectivity index (χ2v) is 5.03. The van der Waals surface area contributed by atoms with E-state index >= 15 is 0 Å². The molecule has 0 radical (unpaired) electrons. The van der Waals surface area contributed by atoms with E-state index in [9.17, 15) is 4.79 Å². The van der Waals surface area contributed by atoms with Crippen molar-refractivity contribution in [2.45, 2.75) is 6.92 Å². The Kier molecular flexibility index (Phi) is 5.17. The standard InChI is InChI=1S/C13H16BrN3O/c1-4-17(9-13(18)16(2)3)12-6-10(8-15)5-11(14)7-12/h5-7H,4,9H2,1-3H3. The maximum Gasteiger partial charge on any atom is 0.241 e. The summed E-state index contributed by atoms with van der Waals surface area (Å²) in [5.74, 6) is 0.0373. The smallest absolute Gasteiger partial charge is 0.241 e. The predicted octanol–water partition coefficient (Wildman–Crippen LogP) is 2.24. The summed E-state index contributed by atoms with van der Waals surface area (Å²) < 4.78 is 0.840. The number of nitriles is 1. The van der Waals surface area contributed by atoms with Crippen LogP contribution >= 0.6 is 15.9 Å². The Morgan fingerprint density at radius 1 is 1.39 bits per heavy atom. The first-order valence-electron chi connectivity index (χ1n) is 5.63. The zero-order valence-electron chi connectivity index (χ0n) is 10.8. The van der Waals surface area contributed by atoms with E-state index in [4.69, 9.17) is 5.26 Å². The first-order chi connectivity index (χ1) is 8.47. The lowest BCUT2D eigenvalue weighted by Crippen LogP contribution is -2.36. The molecule has 0 saturated heterocycles. The van der Waals surface area contributed by atoms with Crippen LogP contribution in [0.25, 0.3) is 0 Å². The van der Waals surface area contributed by atoms with Gasteiger partial charge in [-0.25, -0.2) is 0 Å². The average molecular weight is 310 g/mol. The molecule has 0 N–H and O–H groups in total. The molecule has 96 valence electrons. The number of rotatable bonds is 4. The topological polar surface area (TPSA) is 47.3 Å². The number of anilines is 1. The van der Waals surface area contributed by atoms with Crippen LogP contribution in [-0.2, 0) is 4.79 Å². The van der Waals surface area contributed by atoms with Crippen molar-refractivity contribution in [3.8, 4) is 6.07 Å². The van der Waals surface area contributed by atoms with Crippen molar-refractivity contribution in [2.75, 3.05) is 32.1 Å². The fourth-order valence-electron chi connectivity index (χ4n) is 1.51. The summed E-state index contributed by atoms with van der Waals surface area (Å²) in [5.41, 5.74) is 1.45. The Balaban J connectivity index is 2.99. The van der Waals surface area contributed by atoms with E-state index in [1.165, 1.54) is 0 Å². The van der Waals surface area contributed by atoms with Gasteiger partial charge in [0.05, 0.1) is 18.2 Å². The minimum atomic E-state index is 0.0373. The molecule has 1 aromatic rings. The van der Waals surface area contributed by atoms with E-state index in [-0.39, 0.29) is 5.91 Å². The largest absolute Gasteiger partial charge is 0.362 e. The molecule has 0 bridgehead atoms. The number of halogens is 1. The van der Waals surface area contributed by atoms with Crippen LogP contribution in [-0.4, -0.2) is 38.0 Å². The van der Waals surface area contributed by atoms with Gasteiger partial charge in [0.2, 0.25) is 5.91 Å². The fraction of sp³-hybridized carbons (Fsp3) is 0.385. The molecule has 0 heterocycles. The van der Waals surface area contributed by atoms with Crippen LogP contribution in [0.15, 0.2) is 22.7 Å². The Labute approximate surface area is 116 Å². The Morgan fingerprint density at radius 2 is 2.06 bits per heavy atom. The molecule has 1 rings (SSSR count). The monoisotopic (exact) mass is 309 g/mol. The maximum atomic E-state index is 11.7. The zero-order valence-corrected chi connectivity index (χ0v) is 12.4. The first-order valence-corrected chi connectivity index (χ1v) is 6.43. The summed E-state index contributed by atoms with van der Waals surface area (Å²) in [6, 6.07) is 7.57. The lowest BCUT2D eigenvalue weighted by atomic mass is 10.2. The summed E-state index contributed by atoms with van der Waals surface area (Å²) in [6.07, 6.45) is 0. The lowest BCUT2D eigenvalue weighted by Gasteiger charge is -2.24. The molecule has 5 heteroatoms. The van der Waals surface area contributed by atoms with Crippen LogP contribution in [0.3, 0.4) is 0 Å². The second-order valence-electron chi connectivity index (χ2n) is 4.11. The van der Waals surface area contributed by atoms with Crippen LogP contribution in [0.4, 0.5) is 5.69 Å². The molecule has 0 spiro atoms. The molecule has 18 heavy (non-hydrogen) atoms. The highest BCUT2D eigenvalue weighted by molar-refractivity contribution is 9.10. The van der Waals surface area contributed by atoms with E-state index in [2.05, 4.69) is 22.0 Å². The van der Waals surface area contributed by atoms with E-state index in [0.717, 1.165) is 10.2 Å². The Bertz CT molecular complexity index is 480. The molecule has 0 atom stereocenters. The summed E-state index contributed by atoms with van der Waals surface area (Å²) in [4.78, 5) is 15.2. The number of hydrogen-bond donors (Lipinski definition) is 0. The van der Waals surface area contributed by atoms with Gasteiger partial charge in [-0.05, 0) is 25.1 Å². The molecule has 0 fully saturated rings. The third-order valence-corrected chi connectivity index (χ3v) is 3.04. The van der Waals surface area contributed by atoms with Gasteiger partial charge in [-0.1, -0.05) is 15.9 Å². The quantitative estimate of drug-likeness (QED) is 0.857. The average Bonchev–Trinajstić information content (AvgIpc) is 2.34. The van der Waals surface area contributed by atoms with Crippen LogP contribution in [0.5, 0.6) is 0 Å². The van der Waals surface area contributed by atoms with Gasteiger partial charge >= 0.3 is 0 Å². The number of carbonyl (C=O) groups excluding carboxylic acids is 1. The molecule has 0 unspecified atom stereocenters. The number of nitrogens with zero attached hydrogens (tertiary/aromatic N) is 3. The highest BCUT2D eigenvalue weighted by Crippen LogP contribution is 2.22. The van der Waals surface area contributed by atoms with E-state index in [1.54, 1.807) is 31.1 Å². The summed E-state index contributed by atoms with van der Waals surface area (Å²) in [5, 5.41) is 8.95. The van der Waals surface area contributed by atoms with Crippen molar-refractivity contribution in [3.05, 3.63) is 28.2 Å². The van der Waals surface area contributed by atoms with Gasteiger partial charge in [0.15, 0.2) is 0 Å². The third kappa shape index (κ3) is 3.74. The minimum absolute atomic E-state index is 0.0373.